The summed E-state index contributed by atoms with van der Waals surface area (Å²) in [7, 11) is 0. The standard InChI is InChI=1S/C16H28N6/c17-15-13(10-20-16(18)21-15)9-19-8-12-4-3-7-22(11-12)14-5-1-2-6-14/h10,12,14,19H,1-9,11H2,(H4,17,18,20,21). The first-order chi connectivity index (χ1) is 10.7. The van der Waals surface area contributed by atoms with Crippen LogP contribution >= 0.6 is 0 Å². The summed E-state index contributed by atoms with van der Waals surface area (Å²) in [6, 6.07) is 0.851. The van der Waals surface area contributed by atoms with Crippen LogP contribution < -0.4 is 16.8 Å². The van der Waals surface area contributed by atoms with E-state index in [-0.39, 0.29) is 5.95 Å². The molecule has 2 heterocycles. The van der Waals surface area contributed by atoms with Crippen LogP contribution in [0.25, 0.3) is 0 Å². The summed E-state index contributed by atoms with van der Waals surface area (Å²) in [5.74, 6) is 1.46. The normalized spacial score (nSPS) is 23.9. The first-order valence-electron chi connectivity index (χ1n) is 8.54. The van der Waals surface area contributed by atoms with E-state index in [0.717, 1.165) is 24.1 Å². The molecule has 1 atom stereocenters. The van der Waals surface area contributed by atoms with Gasteiger partial charge < -0.3 is 21.7 Å². The molecular weight excluding hydrogens is 276 g/mol. The Hall–Kier alpha value is -1.40. The van der Waals surface area contributed by atoms with Crippen molar-refractivity contribution in [3.05, 3.63) is 11.8 Å². The maximum atomic E-state index is 5.87. The van der Waals surface area contributed by atoms with Crippen LogP contribution in [-0.4, -0.2) is 40.5 Å². The Morgan fingerprint density at radius 3 is 2.77 bits per heavy atom. The number of nitrogens with zero attached hydrogens (tertiary/aromatic N) is 3. The van der Waals surface area contributed by atoms with Crippen molar-refractivity contribution in [2.75, 3.05) is 31.1 Å². The molecule has 0 radical (unpaired) electrons. The first kappa shape index (κ1) is 15.5. The van der Waals surface area contributed by atoms with E-state index in [9.17, 15) is 0 Å². The maximum absolute atomic E-state index is 5.87. The number of likely N-dealkylation sites (tertiary alicyclic amines) is 1. The van der Waals surface area contributed by atoms with E-state index in [1.165, 1.54) is 51.6 Å². The molecule has 2 aliphatic rings. The first-order valence-corrected chi connectivity index (χ1v) is 8.54. The Balaban J connectivity index is 1.44. The summed E-state index contributed by atoms with van der Waals surface area (Å²) in [4.78, 5) is 10.7. The number of hydrogen-bond acceptors (Lipinski definition) is 6. The average Bonchev–Trinajstić information content (AvgIpc) is 3.04. The van der Waals surface area contributed by atoms with Crippen LogP contribution in [0, 0.1) is 5.92 Å². The molecule has 22 heavy (non-hydrogen) atoms. The van der Waals surface area contributed by atoms with E-state index < -0.39 is 0 Å². The molecule has 6 nitrogen and oxygen atoms in total. The Kier molecular flexibility index (Phi) is 5.10. The van der Waals surface area contributed by atoms with E-state index in [0.29, 0.717) is 12.4 Å². The van der Waals surface area contributed by atoms with E-state index in [2.05, 4.69) is 20.2 Å². The number of nitrogen functional groups attached to an aromatic ring is 2. The highest BCUT2D eigenvalue weighted by atomic mass is 15.2. The minimum atomic E-state index is 0.237. The second kappa shape index (κ2) is 7.24. The predicted molar refractivity (Wildman–Crippen MR) is 89.1 cm³/mol. The number of hydrogen-bond donors (Lipinski definition) is 3. The summed E-state index contributed by atoms with van der Waals surface area (Å²) in [6.07, 6.45) is 10.0. The number of rotatable bonds is 5. The molecule has 1 unspecified atom stereocenters. The topological polar surface area (TPSA) is 93.1 Å². The molecular formula is C16H28N6. The second-order valence-corrected chi connectivity index (χ2v) is 6.71. The zero-order valence-corrected chi connectivity index (χ0v) is 13.3. The van der Waals surface area contributed by atoms with Gasteiger partial charge in [-0.05, 0) is 44.7 Å². The summed E-state index contributed by atoms with van der Waals surface area (Å²) in [5, 5.41) is 3.52. The van der Waals surface area contributed by atoms with Crippen molar-refractivity contribution in [1.29, 1.82) is 0 Å². The van der Waals surface area contributed by atoms with Gasteiger partial charge in [0.05, 0.1) is 0 Å². The number of aromatic nitrogens is 2. The fourth-order valence-electron chi connectivity index (χ4n) is 3.85. The number of anilines is 2. The molecule has 0 aromatic carbocycles. The van der Waals surface area contributed by atoms with E-state index >= 15 is 0 Å². The molecule has 2 fully saturated rings. The predicted octanol–water partition coefficient (Wildman–Crippen LogP) is 1.39. The highest BCUT2D eigenvalue weighted by molar-refractivity contribution is 5.41. The summed E-state index contributed by atoms with van der Waals surface area (Å²) in [6.45, 7) is 4.28. The van der Waals surface area contributed by atoms with E-state index in [1.807, 2.05) is 0 Å². The largest absolute Gasteiger partial charge is 0.383 e. The fourth-order valence-corrected chi connectivity index (χ4v) is 3.85. The molecule has 1 aliphatic heterocycles. The lowest BCUT2D eigenvalue weighted by Gasteiger charge is -2.37. The molecule has 1 aliphatic carbocycles. The molecule has 0 amide bonds. The molecule has 6 heteroatoms. The Labute approximate surface area is 132 Å². The monoisotopic (exact) mass is 304 g/mol. The summed E-state index contributed by atoms with van der Waals surface area (Å²) >= 11 is 0. The zero-order valence-electron chi connectivity index (χ0n) is 13.3. The molecule has 1 saturated carbocycles. The van der Waals surface area contributed by atoms with E-state index in [1.54, 1.807) is 6.20 Å². The maximum Gasteiger partial charge on any atom is 0.221 e. The van der Waals surface area contributed by atoms with E-state index in [4.69, 9.17) is 11.5 Å². The molecule has 3 rings (SSSR count). The van der Waals surface area contributed by atoms with Gasteiger partial charge in [-0.25, -0.2) is 4.98 Å². The average molecular weight is 304 g/mol. The molecule has 0 spiro atoms. The number of piperidine rings is 1. The smallest absolute Gasteiger partial charge is 0.221 e. The number of nitrogens with two attached hydrogens (primary N) is 2. The highest BCUT2D eigenvalue weighted by Crippen LogP contribution is 2.27. The molecule has 1 aromatic rings. The lowest BCUT2D eigenvalue weighted by Crippen LogP contribution is -2.44. The lowest BCUT2D eigenvalue weighted by atomic mass is 9.96. The van der Waals surface area contributed by atoms with Gasteiger partial charge in [0.2, 0.25) is 5.95 Å². The van der Waals surface area contributed by atoms with Gasteiger partial charge in [-0.15, -0.1) is 0 Å². The van der Waals surface area contributed by atoms with Crippen LogP contribution in [0.5, 0.6) is 0 Å². The fraction of sp³-hybridized carbons (Fsp3) is 0.750. The van der Waals surface area contributed by atoms with Crippen LogP contribution in [0.15, 0.2) is 6.20 Å². The van der Waals surface area contributed by atoms with Crippen LogP contribution in [-0.2, 0) is 6.54 Å². The highest BCUT2D eigenvalue weighted by Gasteiger charge is 2.27. The van der Waals surface area contributed by atoms with Gasteiger partial charge >= 0.3 is 0 Å². The van der Waals surface area contributed by atoms with Gasteiger partial charge in [0, 0.05) is 30.9 Å². The van der Waals surface area contributed by atoms with Crippen molar-refractivity contribution in [2.45, 2.75) is 51.1 Å². The molecule has 122 valence electrons. The minimum absolute atomic E-state index is 0.237. The van der Waals surface area contributed by atoms with Crippen molar-refractivity contribution in [2.24, 2.45) is 5.92 Å². The third kappa shape index (κ3) is 3.87. The van der Waals surface area contributed by atoms with Gasteiger partial charge in [0.25, 0.3) is 0 Å². The Morgan fingerprint density at radius 1 is 1.18 bits per heavy atom. The van der Waals surface area contributed by atoms with Gasteiger partial charge in [-0.2, -0.15) is 4.98 Å². The Bertz CT molecular complexity index is 486. The van der Waals surface area contributed by atoms with Gasteiger partial charge in [0.15, 0.2) is 0 Å². The molecule has 5 N–H and O–H groups in total. The van der Waals surface area contributed by atoms with Crippen molar-refractivity contribution in [3.63, 3.8) is 0 Å². The minimum Gasteiger partial charge on any atom is -0.383 e. The SMILES string of the molecule is Nc1ncc(CNCC2CCCN(C3CCCC3)C2)c(N)n1. The van der Waals surface area contributed by atoms with Gasteiger partial charge in [-0.3, -0.25) is 0 Å². The van der Waals surface area contributed by atoms with Crippen LogP contribution in [0.3, 0.4) is 0 Å². The quantitative estimate of drug-likeness (QED) is 0.761. The summed E-state index contributed by atoms with van der Waals surface area (Å²) < 4.78 is 0. The van der Waals surface area contributed by atoms with Crippen LogP contribution in [0.1, 0.15) is 44.1 Å². The molecule has 1 saturated heterocycles. The number of nitrogens with one attached hydrogen (secondary N) is 1. The second-order valence-electron chi connectivity index (χ2n) is 6.71. The zero-order chi connectivity index (χ0) is 15.4. The van der Waals surface area contributed by atoms with Gasteiger partial charge in [-0.1, -0.05) is 12.8 Å². The van der Waals surface area contributed by atoms with Crippen LogP contribution in [0.4, 0.5) is 11.8 Å². The third-order valence-electron chi connectivity index (χ3n) is 5.06. The summed E-state index contributed by atoms with van der Waals surface area (Å²) in [5.41, 5.74) is 12.3. The van der Waals surface area contributed by atoms with Crippen molar-refractivity contribution >= 4 is 11.8 Å². The van der Waals surface area contributed by atoms with Crippen LogP contribution in [0.2, 0.25) is 0 Å². The lowest BCUT2D eigenvalue weighted by molar-refractivity contribution is 0.124. The Morgan fingerprint density at radius 2 is 2.00 bits per heavy atom. The van der Waals surface area contributed by atoms with Crippen molar-refractivity contribution in [1.82, 2.24) is 20.2 Å². The van der Waals surface area contributed by atoms with Crippen molar-refractivity contribution in [3.8, 4) is 0 Å². The third-order valence-corrected chi connectivity index (χ3v) is 5.06. The molecule has 1 aromatic heterocycles. The van der Waals surface area contributed by atoms with Gasteiger partial charge in [0.1, 0.15) is 5.82 Å². The van der Waals surface area contributed by atoms with Crippen molar-refractivity contribution < 1.29 is 0 Å². The molecule has 0 bridgehead atoms.